The molecule has 0 unspecified atom stereocenters. The summed E-state index contributed by atoms with van der Waals surface area (Å²) in [6.07, 6.45) is 1.38. The number of tetrazole rings is 1. The molecule has 126 valence electrons. The number of pyridine rings is 1. The molecule has 1 saturated heterocycles. The van der Waals surface area contributed by atoms with Crippen molar-refractivity contribution in [3.63, 3.8) is 0 Å². The maximum Gasteiger partial charge on any atom is 0.274 e. The van der Waals surface area contributed by atoms with Crippen molar-refractivity contribution in [2.45, 2.75) is 6.54 Å². The van der Waals surface area contributed by atoms with E-state index in [1.165, 1.54) is 23.1 Å². The van der Waals surface area contributed by atoms with Crippen LogP contribution in [0.25, 0.3) is 0 Å². The third kappa shape index (κ3) is 3.62. The molecular weight excluding hydrogens is 357 g/mol. The quantitative estimate of drug-likeness (QED) is 0.724. The van der Waals surface area contributed by atoms with Crippen molar-refractivity contribution in [1.82, 2.24) is 35.0 Å². The van der Waals surface area contributed by atoms with Crippen LogP contribution in [0.5, 0.6) is 0 Å². The zero-order valence-corrected chi connectivity index (χ0v) is 14.0. The molecule has 3 rings (SSSR count). The number of hydrogen-bond donors (Lipinski definition) is 0. The zero-order chi connectivity index (χ0) is 17.1. The summed E-state index contributed by atoms with van der Waals surface area (Å²) in [4.78, 5) is 31.9. The Balaban J connectivity index is 1.59. The molecule has 0 aromatic carbocycles. The van der Waals surface area contributed by atoms with E-state index in [2.05, 4.69) is 20.5 Å². The second kappa shape index (κ2) is 7.10. The molecule has 0 saturated carbocycles. The van der Waals surface area contributed by atoms with Gasteiger partial charge in [-0.15, -0.1) is 5.10 Å². The van der Waals surface area contributed by atoms with Gasteiger partial charge in [-0.3, -0.25) is 9.59 Å². The second-order valence-electron chi connectivity index (χ2n) is 5.14. The third-order valence-electron chi connectivity index (χ3n) is 3.62. The third-order valence-corrected chi connectivity index (χ3v) is 4.14. The van der Waals surface area contributed by atoms with Crippen molar-refractivity contribution in [2.24, 2.45) is 0 Å². The topological polar surface area (TPSA) is 97.1 Å². The van der Waals surface area contributed by atoms with Crippen LogP contribution in [0, 0.1) is 0 Å². The molecule has 0 bridgehead atoms. The summed E-state index contributed by atoms with van der Waals surface area (Å²) in [6, 6.07) is 3.06. The van der Waals surface area contributed by atoms with Crippen molar-refractivity contribution in [3.05, 3.63) is 34.3 Å². The lowest BCUT2D eigenvalue weighted by atomic mass is 10.2. The first-order valence-electron chi connectivity index (χ1n) is 7.14. The lowest BCUT2D eigenvalue weighted by Crippen LogP contribution is -2.51. The van der Waals surface area contributed by atoms with Gasteiger partial charge in [0.25, 0.3) is 5.91 Å². The Morgan fingerprint density at radius 1 is 1.08 bits per heavy atom. The fourth-order valence-corrected chi connectivity index (χ4v) is 2.70. The van der Waals surface area contributed by atoms with Gasteiger partial charge in [0.1, 0.15) is 23.7 Å². The van der Waals surface area contributed by atoms with Gasteiger partial charge in [0.05, 0.1) is 5.02 Å². The Labute approximate surface area is 147 Å². The summed E-state index contributed by atoms with van der Waals surface area (Å²) < 4.78 is 1.36. The van der Waals surface area contributed by atoms with Crippen LogP contribution in [0.3, 0.4) is 0 Å². The molecule has 9 nitrogen and oxygen atoms in total. The Morgan fingerprint density at radius 3 is 2.46 bits per heavy atom. The molecule has 1 aliphatic heterocycles. The van der Waals surface area contributed by atoms with Crippen molar-refractivity contribution < 1.29 is 9.59 Å². The fraction of sp³-hybridized carbons (Fsp3) is 0.385. The van der Waals surface area contributed by atoms with Crippen LogP contribution in [0.15, 0.2) is 18.5 Å². The largest absolute Gasteiger partial charge is 0.338 e. The minimum Gasteiger partial charge on any atom is -0.338 e. The van der Waals surface area contributed by atoms with Gasteiger partial charge in [-0.05, 0) is 22.6 Å². The number of carbonyl (C=O) groups excluding carboxylic acids is 2. The van der Waals surface area contributed by atoms with Crippen LogP contribution in [0.4, 0.5) is 0 Å². The highest BCUT2D eigenvalue weighted by Gasteiger charge is 2.27. The van der Waals surface area contributed by atoms with E-state index in [4.69, 9.17) is 23.2 Å². The normalized spacial score (nSPS) is 14.8. The molecule has 0 atom stereocenters. The highest BCUT2D eigenvalue weighted by molar-refractivity contribution is 6.34. The van der Waals surface area contributed by atoms with Crippen molar-refractivity contribution >= 4 is 35.0 Å². The monoisotopic (exact) mass is 369 g/mol. The van der Waals surface area contributed by atoms with E-state index in [0.717, 1.165) is 0 Å². The predicted molar refractivity (Wildman–Crippen MR) is 84.6 cm³/mol. The van der Waals surface area contributed by atoms with Gasteiger partial charge in [0.2, 0.25) is 5.91 Å². The predicted octanol–water partition coefficient (Wildman–Crippen LogP) is 0.360. The van der Waals surface area contributed by atoms with Crippen molar-refractivity contribution in [1.29, 1.82) is 0 Å². The molecule has 3 heterocycles. The molecule has 2 aromatic rings. The standard InChI is InChI=1S/C13H13Cl2N7O2/c14-9-1-2-10(15)17-12(9)13(24)21-5-3-20(4-6-21)11(23)7-22-8-16-18-19-22/h1-2,8H,3-7H2. The van der Waals surface area contributed by atoms with E-state index >= 15 is 0 Å². The highest BCUT2D eigenvalue weighted by Crippen LogP contribution is 2.19. The summed E-state index contributed by atoms with van der Waals surface area (Å²) in [7, 11) is 0. The van der Waals surface area contributed by atoms with E-state index in [1.54, 1.807) is 9.80 Å². The van der Waals surface area contributed by atoms with Crippen LogP contribution in [0.1, 0.15) is 10.5 Å². The van der Waals surface area contributed by atoms with E-state index in [0.29, 0.717) is 26.2 Å². The molecule has 0 radical (unpaired) electrons. The molecular formula is C13H13Cl2N7O2. The average molecular weight is 370 g/mol. The summed E-state index contributed by atoms with van der Waals surface area (Å²) >= 11 is 11.8. The van der Waals surface area contributed by atoms with Gasteiger partial charge in [0.15, 0.2) is 0 Å². The highest BCUT2D eigenvalue weighted by atomic mass is 35.5. The van der Waals surface area contributed by atoms with Gasteiger partial charge in [-0.2, -0.15) is 0 Å². The van der Waals surface area contributed by atoms with Gasteiger partial charge in [-0.25, -0.2) is 9.67 Å². The zero-order valence-electron chi connectivity index (χ0n) is 12.5. The van der Waals surface area contributed by atoms with E-state index in [1.807, 2.05) is 0 Å². The first-order chi connectivity index (χ1) is 11.5. The molecule has 2 aromatic heterocycles. The van der Waals surface area contributed by atoms with Gasteiger partial charge in [-0.1, -0.05) is 23.2 Å². The maximum absolute atomic E-state index is 12.5. The molecule has 2 amide bonds. The maximum atomic E-state index is 12.5. The van der Waals surface area contributed by atoms with Crippen molar-refractivity contribution in [2.75, 3.05) is 26.2 Å². The van der Waals surface area contributed by atoms with Gasteiger partial charge >= 0.3 is 0 Å². The van der Waals surface area contributed by atoms with Crippen LogP contribution >= 0.6 is 23.2 Å². The molecule has 1 aliphatic rings. The number of hydrogen-bond acceptors (Lipinski definition) is 6. The molecule has 0 spiro atoms. The first-order valence-corrected chi connectivity index (χ1v) is 7.90. The summed E-state index contributed by atoms with van der Waals surface area (Å²) in [5.41, 5.74) is 0.123. The molecule has 1 fully saturated rings. The minimum absolute atomic E-state index is 0.0720. The van der Waals surface area contributed by atoms with Gasteiger partial charge in [0, 0.05) is 26.2 Å². The minimum atomic E-state index is -0.296. The Hall–Kier alpha value is -2.26. The molecule has 11 heteroatoms. The Kier molecular flexibility index (Phi) is 4.91. The van der Waals surface area contributed by atoms with E-state index in [-0.39, 0.29) is 34.2 Å². The number of piperazine rings is 1. The summed E-state index contributed by atoms with van der Waals surface area (Å²) in [5, 5.41) is 11.1. The van der Waals surface area contributed by atoms with Crippen LogP contribution in [0.2, 0.25) is 10.2 Å². The first kappa shape index (κ1) is 16.6. The SMILES string of the molecule is O=C(Cn1cnnn1)N1CCN(C(=O)c2nc(Cl)ccc2Cl)CC1. The van der Waals surface area contributed by atoms with E-state index in [9.17, 15) is 9.59 Å². The van der Waals surface area contributed by atoms with Crippen molar-refractivity contribution in [3.8, 4) is 0 Å². The Bertz CT molecular complexity index is 745. The number of aromatic nitrogens is 5. The second-order valence-corrected chi connectivity index (χ2v) is 5.94. The van der Waals surface area contributed by atoms with Crippen LogP contribution in [-0.4, -0.2) is 73.0 Å². The molecule has 0 N–H and O–H groups in total. The number of amides is 2. The lowest BCUT2D eigenvalue weighted by molar-refractivity contribution is -0.133. The number of nitrogens with zero attached hydrogens (tertiary/aromatic N) is 7. The van der Waals surface area contributed by atoms with E-state index < -0.39 is 0 Å². The average Bonchev–Trinajstić information content (AvgIpc) is 3.09. The fourth-order valence-electron chi connectivity index (χ4n) is 2.37. The number of carbonyl (C=O) groups is 2. The number of halogens is 2. The Morgan fingerprint density at radius 2 is 1.79 bits per heavy atom. The smallest absolute Gasteiger partial charge is 0.274 e. The molecule has 0 aliphatic carbocycles. The molecule has 24 heavy (non-hydrogen) atoms. The summed E-state index contributed by atoms with van der Waals surface area (Å²) in [6.45, 7) is 1.70. The lowest BCUT2D eigenvalue weighted by Gasteiger charge is -2.34. The van der Waals surface area contributed by atoms with Crippen LogP contribution in [-0.2, 0) is 11.3 Å². The summed E-state index contributed by atoms with van der Waals surface area (Å²) in [5.74, 6) is -0.400. The van der Waals surface area contributed by atoms with Gasteiger partial charge < -0.3 is 9.80 Å². The number of rotatable bonds is 3. The van der Waals surface area contributed by atoms with Crippen LogP contribution < -0.4 is 0 Å².